The van der Waals surface area contributed by atoms with Crippen molar-refractivity contribution in [2.24, 2.45) is 0 Å². The predicted octanol–water partition coefficient (Wildman–Crippen LogP) is 4.66. The molecule has 0 saturated heterocycles. The maximum atomic E-state index is 13.4. The number of hydrogen-bond acceptors (Lipinski definition) is 6. The molecule has 6 nitrogen and oxygen atoms in total. The van der Waals surface area contributed by atoms with Crippen LogP contribution in [0.25, 0.3) is 11.0 Å². The molecular weight excluding hydrogens is 410 g/mol. The summed E-state index contributed by atoms with van der Waals surface area (Å²) < 4.78 is 5.89. The Morgan fingerprint density at radius 1 is 1.07 bits per heavy atom. The molecule has 0 fully saturated rings. The van der Waals surface area contributed by atoms with Crippen LogP contribution in [0.3, 0.4) is 0 Å². The molecule has 0 aliphatic carbocycles. The fourth-order valence-electron chi connectivity index (χ4n) is 3.59. The summed E-state index contributed by atoms with van der Waals surface area (Å²) in [6.07, 6.45) is 0. The number of fused-ring (bicyclic) bond motifs is 2. The zero-order valence-corrected chi connectivity index (χ0v) is 17.0. The Kier molecular flexibility index (Phi) is 4.04. The number of aryl methyl sites for hydroxylation is 2. The van der Waals surface area contributed by atoms with Crippen LogP contribution >= 0.6 is 22.9 Å². The van der Waals surface area contributed by atoms with E-state index in [1.165, 1.54) is 16.2 Å². The third-order valence-electron chi connectivity index (χ3n) is 4.95. The van der Waals surface area contributed by atoms with E-state index in [0.717, 1.165) is 16.1 Å². The number of anilines is 1. The van der Waals surface area contributed by atoms with E-state index in [1.54, 1.807) is 18.2 Å². The molecule has 0 bridgehead atoms. The summed E-state index contributed by atoms with van der Waals surface area (Å²) in [6.45, 7) is 3.79. The lowest BCUT2D eigenvalue weighted by molar-refractivity contribution is 0.0970. The first kappa shape index (κ1) is 18.0. The summed E-state index contributed by atoms with van der Waals surface area (Å²) in [6, 6.07) is 11.9. The minimum Gasteiger partial charge on any atom is -0.450 e. The van der Waals surface area contributed by atoms with Gasteiger partial charge in [-0.25, -0.2) is 0 Å². The van der Waals surface area contributed by atoms with Gasteiger partial charge in [-0.3, -0.25) is 14.5 Å². The Labute approximate surface area is 174 Å². The lowest BCUT2D eigenvalue weighted by Crippen LogP contribution is -2.29. The molecule has 0 unspecified atom stereocenters. The van der Waals surface area contributed by atoms with Gasteiger partial charge in [-0.15, -0.1) is 10.2 Å². The highest BCUT2D eigenvalue weighted by atomic mass is 35.5. The molecule has 1 atom stereocenters. The topological polar surface area (TPSA) is 76.3 Å². The minimum absolute atomic E-state index is 0.0308. The van der Waals surface area contributed by atoms with E-state index in [-0.39, 0.29) is 11.2 Å². The number of rotatable bonds is 2. The molecule has 0 saturated carbocycles. The molecule has 4 aromatic rings. The molecule has 0 radical (unpaired) electrons. The van der Waals surface area contributed by atoms with E-state index >= 15 is 0 Å². The molecule has 1 aliphatic rings. The first-order valence-corrected chi connectivity index (χ1v) is 10.1. The number of amides is 1. The Bertz CT molecular complexity index is 1340. The molecule has 2 aromatic carbocycles. The molecule has 8 heteroatoms. The van der Waals surface area contributed by atoms with Crippen LogP contribution in [0.1, 0.15) is 38.3 Å². The first-order valence-electron chi connectivity index (χ1n) is 8.90. The molecule has 0 spiro atoms. The molecule has 3 heterocycles. The van der Waals surface area contributed by atoms with Crippen molar-refractivity contribution >= 4 is 44.9 Å². The van der Waals surface area contributed by atoms with Crippen LogP contribution in [-0.2, 0) is 0 Å². The zero-order chi connectivity index (χ0) is 20.3. The fraction of sp³-hybridized carbons (Fsp3) is 0.143. The number of carbonyl (C=O) groups is 1. The SMILES string of the molecule is Cc1ccc([C@H]2c3c(oc4ccc(Cl)cc4c3=O)C(=O)N2c2nnc(C)s2)cc1. The van der Waals surface area contributed by atoms with Crippen LogP contribution in [-0.4, -0.2) is 16.1 Å². The van der Waals surface area contributed by atoms with E-state index in [0.29, 0.717) is 26.7 Å². The van der Waals surface area contributed by atoms with Crippen LogP contribution in [0.4, 0.5) is 5.13 Å². The van der Waals surface area contributed by atoms with Crippen molar-refractivity contribution in [1.82, 2.24) is 10.2 Å². The van der Waals surface area contributed by atoms with Gasteiger partial charge in [0.05, 0.1) is 17.0 Å². The van der Waals surface area contributed by atoms with Crippen LogP contribution in [0.5, 0.6) is 0 Å². The van der Waals surface area contributed by atoms with Gasteiger partial charge in [0.1, 0.15) is 10.6 Å². The number of carbonyl (C=O) groups excluding carboxylic acids is 1. The van der Waals surface area contributed by atoms with Gasteiger partial charge < -0.3 is 4.42 Å². The number of benzene rings is 2. The number of hydrogen-bond donors (Lipinski definition) is 0. The third-order valence-corrected chi connectivity index (χ3v) is 6.02. The standard InChI is InChI=1S/C21H14ClN3O3S/c1-10-3-5-12(6-4-10)17-16-18(26)14-9-13(22)7-8-15(14)28-19(16)20(27)25(17)21-24-23-11(2)29-21/h3-9,17H,1-2H3/t17-/m0/s1. The first-order chi connectivity index (χ1) is 13.9. The van der Waals surface area contributed by atoms with Crippen LogP contribution in [0.2, 0.25) is 5.02 Å². The Morgan fingerprint density at radius 3 is 2.52 bits per heavy atom. The Balaban J connectivity index is 1.83. The van der Waals surface area contributed by atoms with E-state index in [9.17, 15) is 9.59 Å². The van der Waals surface area contributed by atoms with Gasteiger partial charge in [0.25, 0.3) is 5.91 Å². The van der Waals surface area contributed by atoms with Gasteiger partial charge in [-0.05, 0) is 37.6 Å². The van der Waals surface area contributed by atoms with Crippen LogP contribution in [0.15, 0.2) is 51.7 Å². The fourth-order valence-corrected chi connectivity index (χ4v) is 4.48. The summed E-state index contributed by atoms with van der Waals surface area (Å²) in [5, 5.41) is 10.1. The van der Waals surface area contributed by atoms with Crippen molar-refractivity contribution in [1.29, 1.82) is 0 Å². The molecule has 1 aliphatic heterocycles. The van der Waals surface area contributed by atoms with Gasteiger partial charge in [-0.1, -0.05) is 52.8 Å². The second-order valence-corrected chi connectivity index (χ2v) is 8.50. The average Bonchev–Trinajstić information content (AvgIpc) is 3.25. The molecule has 5 rings (SSSR count). The zero-order valence-electron chi connectivity index (χ0n) is 15.5. The molecule has 2 aromatic heterocycles. The quantitative estimate of drug-likeness (QED) is 0.468. The number of nitrogens with zero attached hydrogens (tertiary/aromatic N) is 3. The smallest absolute Gasteiger partial charge is 0.297 e. The van der Waals surface area contributed by atoms with Crippen molar-refractivity contribution in [3.05, 3.63) is 85.2 Å². The second kappa shape index (κ2) is 6.50. The van der Waals surface area contributed by atoms with Crippen molar-refractivity contribution in [3.63, 3.8) is 0 Å². The molecule has 1 amide bonds. The molecule has 0 N–H and O–H groups in total. The van der Waals surface area contributed by atoms with E-state index in [2.05, 4.69) is 10.2 Å². The van der Waals surface area contributed by atoms with Crippen molar-refractivity contribution in [3.8, 4) is 0 Å². The highest BCUT2D eigenvalue weighted by molar-refractivity contribution is 7.15. The summed E-state index contributed by atoms with van der Waals surface area (Å²) in [7, 11) is 0. The predicted molar refractivity (Wildman–Crippen MR) is 112 cm³/mol. The highest BCUT2D eigenvalue weighted by Crippen LogP contribution is 2.42. The lowest BCUT2D eigenvalue weighted by Gasteiger charge is -2.22. The van der Waals surface area contributed by atoms with Crippen molar-refractivity contribution < 1.29 is 9.21 Å². The third kappa shape index (κ3) is 2.77. The second-order valence-electron chi connectivity index (χ2n) is 6.91. The van der Waals surface area contributed by atoms with Gasteiger partial charge in [-0.2, -0.15) is 0 Å². The van der Waals surface area contributed by atoms with Crippen LogP contribution < -0.4 is 10.3 Å². The Morgan fingerprint density at radius 2 is 1.83 bits per heavy atom. The van der Waals surface area contributed by atoms with Gasteiger partial charge >= 0.3 is 0 Å². The van der Waals surface area contributed by atoms with Crippen molar-refractivity contribution in [2.75, 3.05) is 4.90 Å². The van der Waals surface area contributed by atoms with E-state index in [1.807, 2.05) is 38.1 Å². The maximum absolute atomic E-state index is 13.4. The summed E-state index contributed by atoms with van der Waals surface area (Å²) >= 11 is 7.39. The number of halogens is 1. The minimum atomic E-state index is -0.648. The molecule has 29 heavy (non-hydrogen) atoms. The highest BCUT2D eigenvalue weighted by Gasteiger charge is 2.45. The normalized spacial score (nSPS) is 15.9. The van der Waals surface area contributed by atoms with Gasteiger partial charge in [0.15, 0.2) is 5.43 Å². The van der Waals surface area contributed by atoms with Gasteiger partial charge in [0.2, 0.25) is 10.9 Å². The van der Waals surface area contributed by atoms with E-state index in [4.69, 9.17) is 16.0 Å². The lowest BCUT2D eigenvalue weighted by atomic mass is 9.98. The summed E-state index contributed by atoms with van der Waals surface area (Å²) in [5.41, 5.74) is 2.22. The number of aromatic nitrogens is 2. The summed E-state index contributed by atoms with van der Waals surface area (Å²) in [4.78, 5) is 28.2. The largest absolute Gasteiger partial charge is 0.450 e. The molecule has 144 valence electrons. The van der Waals surface area contributed by atoms with Crippen molar-refractivity contribution in [2.45, 2.75) is 19.9 Å². The van der Waals surface area contributed by atoms with Crippen LogP contribution in [0, 0.1) is 13.8 Å². The van der Waals surface area contributed by atoms with Gasteiger partial charge in [0, 0.05) is 5.02 Å². The average molecular weight is 424 g/mol. The van der Waals surface area contributed by atoms with E-state index < -0.39 is 11.9 Å². The maximum Gasteiger partial charge on any atom is 0.297 e. The Hall–Kier alpha value is -3.03. The molecular formula is C21H14ClN3O3S. The monoisotopic (exact) mass is 423 g/mol. The summed E-state index contributed by atoms with van der Waals surface area (Å²) in [5.74, 6) is -0.376.